The molecule has 0 spiro atoms. The van der Waals surface area contributed by atoms with Crippen LogP contribution in [-0.2, 0) is 0 Å². The molecule has 0 saturated heterocycles. The molecule has 0 bridgehead atoms. The van der Waals surface area contributed by atoms with Crippen molar-refractivity contribution in [3.05, 3.63) is 34.7 Å². The summed E-state index contributed by atoms with van der Waals surface area (Å²) in [7, 11) is 0. The highest BCUT2D eigenvalue weighted by atomic mass is 16.3. The Kier molecular flexibility index (Phi) is 1.62. The van der Waals surface area contributed by atoms with Crippen LogP contribution in [0.1, 0.15) is 6.42 Å². The van der Waals surface area contributed by atoms with Gasteiger partial charge in [0.25, 0.3) is 0 Å². The first-order valence-corrected chi connectivity index (χ1v) is 3.95. The summed E-state index contributed by atoms with van der Waals surface area (Å²) in [5.74, 6) is 0.0908. The number of benzene rings is 1. The lowest BCUT2D eigenvalue weighted by atomic mass is 10.0. The molecular weight excluding hydrogens is 152 g/mol. The second kappa shape index (κ2) is 2.64. The van der Waals surface area contributed by atoms with E-state index in [4.69, 9.17) is 0 Å². The molecule has 0 amide bonds. The number of fused-ring (bicyclic) bond motifs is 1. The standard InChI is InChI=1S/C10H10O2/c11-9-6-5-7-3-1-2-4-8(7)10(9)12/h1-5,9,11-12H,6H2/t9-/m0/s1. The lowest BCUT2D eigenvalue weighted by molar-refractivity contribution is 0.200. The van der Waals surface area contributed by atoms with Crippen LogP contribution in [0.3, 0.4) is 0 Å². The maximum atomic E-state index is 9.48. The zero-order valence-electron chi connectivity index (χ0n) is 6.57. The summed E-state index contributed by atoms with van der Waals surface area (Å²) in [6.07, 6.45) is 1.71. The van der Waals surface area contributed by atoms with E-state index in [0.29, 0.717) is 6.42 Å². The fourth-order valence-corrected chi connectivity index (χ4v) is 1.44. The van der Waals surface area contributed by atoms with Gasteiger partial charge in [-0.1, -0.05) is 30.3 Å². The van der Waals surface area contributed by atoms with Gasteiger partial charge in [-0.15, -0.1) is 0 Å². The summed E-state index contributed by atoms with van der Waals surface area (Å²) in [5.41, 5.74) is 0. The Hall–Kier alpha value is -1.28. The van der Waals surface area contributed by atoms with E-state index in [1.807, 2.05) is 30.3 Å². The van der Waals surface area contributed by atoms with Crippen molar-refractivity contribution in [3.8, 4) is 0 Å². The van der Waals surface area contributed by atoms with Gasteiger partial charge in [0.2, 0.25) is 0 Å². The van der Waals surface area contributed by atoms with Crippen molar-refractivity contribution < 1.29 is 10.2 Å². The van der Waals surface area contributed by atoms with Gasteiger partial charge >= 0.3 is 0 Å². The van der Waals surface area contributed by atoms with Gasteiger partial charge in [0.05, 0.1) is 0 Å². The second-order valence-electron chi connectivity index (χ2n) is 2.93. The summed E-state index contributed by atoms with van der Waals surface area (Å²) >= 11 is 0. The first-order chi connectivity index (χ1) is 5.79. The van der Waals surface area contributed by atoms with Crippen molar-refractivity contribution >= 4 is 11.8 Å². The van der Waals surface area contributed by atoms with E-state index < -0.39 is 6.10 Å². The highest BCUT2D eigenvalue weighted by Gasteiger charge is 2.12. The summed E-state index contributed by atoms with van der Waals surface area (Å²) in [5, 5.41) is 20.5. The molecule has 0 aromatic heterocycles. The van der Waals surface area contributed by atoms with E-state index in [9.17, 15) is 10.2 Å². The molecule has 1 aliphatic carbocycles. The maximum Gasteiger partial charge on any atom is 0.129 e. The van der Waals surface area contributed by atoms with Crippen molar-refractivity contribution in [1.29, 1.82) is 0 Å². The molecule has 1 aromatic rings. The highest BCUT2D eigenvalue weighted by Crippen LogP contribution is 2.04. The predicted molar refractivity (Wildman–Crippen MR) is 46.8 cm³/mol. The number of aliphatic hydroxyl groups excluding tert-OH is 2. The normalized spacial score (nSPS) is 21.4. The van der Waals surface area contributed by atoms with Crippen LogP contribution in [-0.4, -0.2) is 16.3 Å². The van der Waals surface area contributed by atoms with E-state index in [-0.39, 0.29) is 5.76 Å². The van der Waals surface area contributed by atoms with Crippen LogP contribution in [0.25, 0.3) is 11.8 Å². The molecule has 0 heterocycles. The smallest absolute Gasteiger partial charge is 0.129 e. The largest absolute Gasteiger partial charge is 0.509 e. The van der Waals surface area contributed by atoms with Crippen LogP contribution in [0.4, 0.5) is 0 Å². The minimum absolute atomic E-state index is 0.0908. The Morgan fingerprint density at radius 1 is 1.25 bits per heavy atom. The molecule has 0 aliphatic heterocycles. The fraction of sp³-hybridized carbons (Fsp3) is 0.200. The second-order valence-corrected chi connectivity index (χ2v) is 2.93. The monoisotopic (exact) mass is 162 g/mol. The van der Waals surface area contributed by atoms with E-state index in [1.54, 1.807) is 0 Å². The van der Waals surface area contributed by atoms with Crippen molar-refractivity contribution in [2.24, 2.45) is 0 Å². The molecule has 2 heteroatoms. The zero-order chi connectivity index (χ0) is 8.55. The Balaban J connectivity index is 2.83. The number of rotatable bonds is 0. The predicted octanol–water partition coefficient (Wildman–Crippen LogP) is -0.102. The molecule has 0 radical (unpaired) electrons. The molecule has 2 N–H and O–H groups in total. The van der Waals surface area contributed by atoms with Gasteiger partial charge in [-0.2, -0.15) is 0 Å². The third-order valence-electron chi connectivity index (χ3n) is 2.11. The maximum absolute atomic E-state index is 9.48. The van der Waals surface area contributed by atoms with E-state index in [1.165, 1.54) is 0 Å². The zero-order valence-corrected chi connectivity index (χ0v) is 6.57. The van der Waals surface area contributed by atoms with Gasteiger partial charge in [-0.25, -0.2) is 0 Å². The molecule has 62 valence electrons. The van der Waals surface area contributed by atoms with Crippen LogP contribution in [0, 0.1) is 0 Å². The van der Waals surface area contributed by atoms with Crippen LogP contribution >= 0.6 is 0 Å². The summed E-state index contributed by atoms with van der Waals surface area (Å²) in [6, 6.07) is 7.50. The van der Waals surface area contributed by atoms with Crippen LogP contribution in [0.2, 0.25) is 0 Å². The van der Waals surface area contributed by atoms with Crippen LogP contribution < -0.4 is 10.4 Å². The SMILES string of the molecule is OC1=c2ccccc2=CC[C@@H]1O. The van der Waals surface area contributed by atoms with Gasteiger partial charge in [0, 0.05) is 5.22 Å². The highest BCUT2D eigenvalue weighted by molar-refractivity contribution is 5.48. The Bertz CT molecular complexity index is 406. The van der Waals surface area contributed by atoms with Crippen molar-refractivity contribution in [3.63, 3.8) is 0 Å². The first kappa shape index (κ1) is 7.37. The number of hydrogen-bond donors (Lipinski definition) is 2. The number of hydrogen-bond acceptors (Lipinski definition) is 2. The van der Waals surface area contributed by atoms with Gasteiger partial charge < -0.3 is 10.2 Å². The molecule has 2 nitrogen and oxygen atoms in total. The third-order valence-corrected chi connectivity index (χ3v) is 2.11. The van der Waals surface area contributed by atoms with Gasteiger partial charge in [0.1, 0.15) is 11.9 Å². The fourth-order valence-electron chi connectivity index (χ4n) is 1.44. The number of aliphatic hydroxyl groups is 2. The van der Waals surface area contributed by atoms with Crippen molar-refractivity contribution in [1.82, 2.24) is 0 Å². The molecule has 12 heavy (non-hydrogen) atoms. The van der Waals surface area contributed by atoms with Crippen LogP contribution in [0.5, 0.6) is 0 Å². The molecule has 2 rings (SSSR count). The van der Waals surface area contributed by atoms with Crippen LogP contribution in [0.15, 0.2) is 24.3 Å². The molecule has 1 aromatic carbocycles. The quantitative estimate of drug-likeness (QED) is 0.559. The minimum Gasteiger partial charge on any atom is -0.509 e. The molecular formula is C10H10O2. The molecule has 0 fully saturated rings. The van der Waals surface area contributed by atoms with Gasteiger partial charge in [-0.3, -0.25) is 0 Å². The molecule has 1 aliphatic rings. The van der Waals surface area contributed by atoms with E-state index in [0.717, 1.165) is 10.4 Å². The Labute approximate surface area is 70.1 Å². The van der Waals surface area contributed by atoms with E-state index >= 15 is 0 Å². The Morgan fingerprint density at radius 2 is 2.00 bits per heavy atom. The molecule has 1 atom stereocenters. The van der Waals surface area contributed by atoms with Gasteiger partial charge in [-0.05, 0) is 11.6 Å². The van der Waals surface area contributed by atoms with Crippen molar-refractivity contribution in [2.75, 3.05) is 0 Å². The average Bonchev–Trinajstić information content (AvgIpc) is 2.12. The summed E-state index contributed by atoms with van der Waals surface area (Å²) in [4.78, 5) is 0. The lowest BCUT2D eigenvalue weighted by Crippen LogP contribution is -2.34. The molecule has 0 saturated carbocycles. The summed E-state index contributed by atoms with van der Waals surface area (Å²) < 4.78 is 0. The average molecular weight is 162 g/mol. The molecule has 0 unspecified atom stereocenters. The lowest BCUT2D eigenvalue weighted by Gasteiger charge is -2.11. The Morgan fingerprint density at radius 3 is 2.83 bits per heavy atom. The summed E-state index contributed by atoms with van der Waals surface area (Å²) in [6.45, 7) is 0. The van der Waals surface area contributed by atoms with E-state index in [2.05, 4.69) is 0 Å². The van der Waals surface area contributed by atoms with Crippen molar-refractivity contribution in [2.45, 2.75) is 12.5 Å². The third kappa shape index (κ3) is 1.01. The first-order valence-electron chi connectivity index (χ1n) is 3.95. The van der Waals surface area contributed by atoms with Gasteiger partial charge in [0.15, 0.2) is 0 Å². The topological polar surface area (TPSA) is 40.5 Å². The minimum atomic E-state index is -0.722.